The first kappa shape index (κ1) is 13.7. The standard InChI is InChI=1S/C14H27NOS/c1-12(2)9-10(13(3,4)16-12)11(15)14(5)7-6-8-17-14/h10-11H,6-9,15H2,1-5H3. The minimum atomic E-state index is -0.0882. The first-order valence-electron chi connectivity index (χ1n) is 6.76. The Balaban J connectivity index is 2.17. The summed E-state index contributed by atoms with van der Waals surface area (Å²) in [6, 6.07) is 0.242. The zero-order chi connectivity index (χ0) is 12.9. The van der Waals surface area contributed by atoms with E-state index in [4.69, 9.17) is 10.5 Å². The summed E-state index contributed by atoms with van der Waals surface area (Å²) in [4.78, 5) is 0. The van der Waals surface area contributed by atoms with E-state index in [1.165, 1.54) is 18.6 Å². The second kappa shape index (κ2) is 4.14. The molecule has 2 N–H and O–H groups in total. The van der Waals surface area contributed by atoms with Crippen molar-refractivity contribution in [2.24, 2.45) is 11.7 Å². The van der Waals surface area contributed by atoms with Gasteiger partial charge >= 0.3 is 0 Å². The van der Waals surface area contributed by atoms with E-state index in [1.807, 2.05) is 0 Å². The van der Waals surface area contributed by atoms with Crippen molar-refractivity contribution in [1.82, 2.24) is 0 Å². The molecule has 0 saturated carbocycles. The van der Waals surface area contributed by atoms with Crippen molar-refractivity contribution in [3.05, 3.63) is 0 Å². The minimum absolute atomic E-state index is 0.0224. The highest BCUT2D eigenvalue weighted by Gasteiger charge is 2.52. The van der Waals surface area contributed by atoms with E-state index in [0.717, 1.165) is 6.42 Å². The predicted molar refractivity (Wildman–Crippen MR) is 75.4 cm³/mol. The summed E-state index contributed by atoms with van der Waals surface area (Å²) in [7, 11) is 0. The van der Waals surface area contributed by atoms with Gasteiger partial charge < -0.3 is 10.5 Å². The van der Waals surface area contributed by atoms with Gasteiger partial charge in [0, 0.05) is 16.7 Å². The van der Waals surface area contributed by atoms with Crippen LogP contribution in [-0.4, -0.2) is 27.7 Å². The number of ether oxygens (including phenoxy) is 1. The van der Waals surface area contributed by atoms with Crippen molar-refractivity contribution in [3.63, 3.8) is 0 Å². The molecule has 100 valence electrons. The van der Waals surface area contributed by atoms with E-state index in [9.17, 15) is 0 Å². The molecule has 0 aromatic carbocycles. The van der Waals surface area contributed by atoms with Crippen LogP contribution in [0.1, 0.15) is 53.9 Å². The number of hydrogen-bond acceptors (Lipinski definition) is 3. The zero-order valence-electron chi connectivity index (χ0n) is 11.9. The molecule has 2 saturated heterocycles. The predicted octanol–water partition coefficient (Wildman–Crippen LogP) is 3.19. The largest absolute Gasteiger partial charge is 0.369 e. The lowest BCUT2D eigenvalue weighted by molar-refractivity contribution is -0.0774. The van der Waals surface area contributed by atoms with Crippen LogP contribution in [0.25, 0.3) is 0 Å². The Morgan fingerprint density at radius 3 is 2.29 bits per heavy atom. The highest BCUT2D eigenvalue weighted by atomic mass is 32.2. The fraction of sp³-hybridized carbons (Fsp3) is 1.00. The molecule has 3 unspecified atom stereocenters. The van der Waals surface area contributed by atoms with E-state index < -0.39 is 0 Å². The van der Waals surface area contributed by atoms with E-state index >= 15 is 0 Å². The van der Waals surface area contributed by atoms with Crippen LogP contribution in [0, 0.1) is 5.92 Å². The lowest BCUT2D eigenvalue weighted by Gasteiger charge is -2.39. The van der Waals surface area contributed by atoms with Gasteiger partial charge in [0.1, 0.15) is 0 Å². The second-order valence-electron chi connectivity index (χ2n) is 7.07. The smallest absolute Gasteiger partial charge is 0.0678 e. The molecule has 2 nitrogen and oxygen atoms in total. The third-order valence-electron chi connectivity index (χ3n) is 4.53. The summed E-state index contributed by atoms with van der Waals surface area (Å²) in [6.45, 7) is 11.1. The van der Waals surface area contributed by atoms with Gasteiger partial charge in [-0.2, -0.15) is 11.8 Å². The lowest BCUT2D eigenvalue weighted by Crippen LogP contribution is -2.52. The number of hydrogen-bond donors (Lipinski definition) is 1. The highest BCUT2D eigenvalue weighted by Crippen LogP contribution is 2.50. The van der Waals surface area contributed by atoms with Crippen LogP contribution in [0.15, 0.2) is 0 Å². The van der Waals surface area contributed by atoms with E-state index in [2.05, 4.69) is 46.4 Å². The summed E-state index contributed by atoms with van der Waals surface area (Å²) >= 11 is 2.06. The molecule has 2 rings (SSSR count). The molecular weight excluding hydrogens is 230 g/mol. The van der Waals surface area contributed by atoms with Crippen LogP contribution >= 0.6 is 11.8 Å². The van der Waals surface area contributed by atoms with Crippen molar-refractivity contribution < 1.29 is 4.74 Å². The maximum atomic E-state index is 6.61. The quantitative estimate of drug-likeness (QED) is 0.825. The molecule has 2 fully saturated rings. The molecule has 0 aromatic heterocycles. The Morgan fingerprint density at radius 1 is 1.24 bits per heavy atom. The maximum absolute atomic E-state index is 6.61. The Morgan fingerprint density at radius 2 is 1.88 bits per heavy atom. The molecule has 3 atom stereocenters. The van der Waals surface area contributed by atoms with Crippen molar-refractivity contribution in [2.75, 3.05) is 5.75 Å². The van der Waals surface area contributed by atoms with E-state index in [-0.39, 0.29) is 22.0 Å². The van der Waals surface area contributed by atoms with Crippen LogP contribution < -0.4 is 5.73 Å². The molecule has 0 amide bonds. The van der Waals surface area contributed by atoms with Gasteiger partial charge in [-0.3, -0.25) is 0 Å². The Bertz CT molecular complexity index is 295. The van der Waals surface area contributed by atoms with Gasteiger partial charge in [-0.25, -0.2) is 0 Å². The third kappa shape index (κ3) is 2.52. The van der Waals surface area contributed by atoms with Crippen LogP contribution in [0.5, 0.6) is 0 Å². The van der Waals surface area contributed by atoms with Gasteiger partial charge in [0.15, 0.2) is 0 Å². The first-order chi connectivity index (χ1) is 7.66. The van der Waals surface area contributed by atoms with Crippen molar-refractivity contribution >= 4 is 11.8 Å². The second-order valence-corrected chi connectivity index (χ2v) is 8.70. The molecule has 0 radical (unpaired) electrons. The highest BCUT2D eigenvalue weighted by molar-refractivity contribution is 8.00. The fourth-order valence-corrected chi connectivity index (χ4v) is 5.05. The number of rotatable bonds is 2. The molecule has 17 heavy (non-hydrogen) atoms. The van der Waals surface area contributed by atoms with E-state index in [0.29, 0.717) is 5.92 Å². The monoisotopic (exact) mass is 257 g/mol. The maximum Gasteiger partial charge on any atom is 0.0678 e. The molecule has 2 heterocycles. The van der Waals surface area contributed by atoms with Crippen LogP contribution in [0.2, 0.25) is 0 Å². The Labute approximate surface area is 110 Å². The van der Waals surface area contributed by atoms with Gasteiger partial charge in [-0.05, 0) is 59.6 Å². The van der Waals surface area contributed by atoms with Crippen molar-refractivity contribution in [3.8, 4) is 0 Å². The fourth-order valence-electron chi connectivity index (χ4n) is 3.65. The molecule has 3 heteroatoms. The number of thioether (sulfide) groups is 1. The Hall–Kier alpha value is 0.270. The lowest BCUT2D eigenvalue weighted by atomic mass is 9.76. The average molecular weight is 257 g/mol. The first-order valence-corrected chi connectivity index (χ1v) is 7.75. The molecule has 2 aliphatic heterocycles. The molecule has 0 bridgehead atoms. The zero-order valence-corrected chi connectivity index (χ0v) is 12.7. The average Bonchev–Trinajstić information content (AvgIpc) is 2.67. The van der Waals surface area contributed by atoms with Crippen LogP contribution in [0.3, 0.4) is 0 Å². The van der Waals surface area contributed by atoms with Gasteiger partial charge in [0.05, 0.1) is 11.2 Å². The SMILES string of the molecule is CC1(C)CC(C(N)C2(C)CCCS2)C(C)(C)O1. The molecule has 0 spiro atoms. The summed E-state index contributed by atoms with van der Waals surface area (Å²) in [5.41, 5.74) is 6.50. The van der Waals surface area contributed by atoms with Crippen LogP contribution in [0.4, 0.5) is 0 Å². The van der Waals surface area contributed by atoms with Crippen LogP contribution in [-0.2, 0) is 4.74 Å². The van der Waals surface area contributed by atoms with Gasteiger partial charge in [0.25, 0.3) is 0 Å². The van der Waals surface area contributed by atoms with Gasteiger partial charge in [-0.15, -0.1) is 0 Å². The van der Waals surface area contributed by atoms with Crippen molar-refractivity contribution in [2.45, 2.75) is 75.9 Å². The third-order valence-corrected chi connectivity index (χ3v) is 6.16. The van der Waals surface area contributed by atoms with E-state index in [1.54, 1.807) is 0 Å². The summed E-state index contributed by atoms with van der Waals surface area (Å²) in [6.07, 6.45) is 3.65. The Kier molecular flexibility index (Phi) is 3.34. The summed E-state index contributed by atoms with van der Waals surface area (Å²) < 4.78 is 6.44. The minimum Gasteiger partial charge on any atom is -0.369 e. The summed E-state index contributed by atoms with van der Waals surface area (Å²) in [5, 5.41) is 0. The topological polar surface area (TPSA) is 35.2 Å². The summed E-state index contributed by atoms with van der Waals surface area (Å²) in [5.74, 6) is 1.73. The number of nitrogens with two attached hydrogens (primary N) is 1. The molecular formula is C14H27NOS. The molecule has 0 aliphatic carbocycles. The van der Waals surface area contributed by atoms with Gasteiger partial charge in [-0.1, -0.05) is 0 Å². The molecule has 2 aliphatic rings. The van der Waals surface area contributed by atoms with Gasteiger partial charge in [0.2, 0.25) is 0 Å². The molecule has 0 aromatic rings. The van der Waals surface area contributed by atoms with Crippen molar-refractivity contribution in [1.29, 1.82) is 0 Å². The normalized spacial score (nSPS) is 41.6.